The third-order valence-corrected chi connectivity index (χ3v) is 5.90. The van der Waals surface area contributed by atoms with Crippen LogP contribution >= 0.6 is 27.3 Å². The summed E-state index contributed by atoms with van der Waals surface area (Å²) < 4.78 is 6.47. The van der Waals surface area contributed by atoms with E-state index in [4.69, 9.17) is 10.00 Å². The first-order chi connectivity index (χ1) is 11.7. The van der Waals surface area contributed by atoms with Crippen molar-refractivity contribution in [3.8, 4) is 6.07 Å². The Morgan fingerprint density at radius 3 is 2.79 bits per heavy atom. The van der Waals surface area contributed by atoms with Gasteiger partial charge in [0.05, 0.1) is 36.6 Å². The van der Waals surface area contributed by atoms with E-state index in [0.717, 1.165) is 43.0 Å². The number of nitrogens with zero attached hydrogens (tertiary/aromatic N) is 3. The first kappa shape index (κ1) is 17.4. The van der Waals surface area contributed by atoms with Crippen LogP contribution < -0.4 is 4.90 Å². The Balaban J connectivity index is 1.80. The average molecular weight is 406 g/mol. The molecule has 0 spiro atoms. The van der Waals surface area contributed by atoms with Crippen molar-refractivity contribution in [1.82, 2.24) is 4.90 Å². The van der Waals surface area contributed by atoms with Crippen molar-refractivity contribution < 1.29 is 4.74 Å². The molecule has 2 heterocycles. The van der Waals surface area contributed by atoms with Crippen molar-refractivity contribution in [2.45, 2.75) is 6.04 Å². The summed E-state index contributed by atoms with van der Waals surface area (Å²) in [7, 11) is 2.10. The van der Waals surface area contributed by atoms with Gasteiger partial charge >= 0.3 is 0 Å². The lowest BCUT2D eigenvalue weighted by Gasteiger charge is -2.37. The Labute approximate surface area is 155 Å². The summed E-state index contributed by atoms with van der Waals surface area (Å²) in [5, 5.41) is 11.2. The highest BCUT2D eigenvalue weighted by Crippen LogP contribution is 2.31. The van der Waals surface area contributed by atoms with E-state index in [1.54, 1.807) is 0 Å². The largest absolute Gasteiger partial charge is 0.379 e. The van der Waals surface area contributed by atoms with E-state index < -0.39 is 0 Å². The van der Waals surface area contributed by atoms with Gasteiger partial charge < -0.3 is 9.64 Å². The molecule has 1 unspecified atom stereocenters. The Bertz CT molecular complexity index is 708. The maximum absolute atomic E-state index is 9.03. The lowest BCUT2D eigenvalue weighted by molar-refractivity contribution is 0.0184. The number of halogens is 1. The molecule has 1 aromatic carbocycles. The third-order valence-electron chi connectivity index (χ3n) is 4.29. The average Bonchev–Trinajstić information content (AvgIpc) is 3.14. The summed E-state index contributed by atoms with van der Waals surface area (Å²) in [6.45, 7) is 4.42. The van der Waals surface area contributed by atoms with E-state index >= 15 is 0 Å². The van der Waals surface area contributed by atoms with Crippen LogP contribution in [0.1, 0.15) is 16.5 Å². The van der Waals surface area contributed by atoms with Gasteiger partial charge in [0, 0.05) is 36.0 Å². The summed E-state index contributed by atoms with van der Waals surface area (Å²) >= 11 is 5.41. The number of ether oxygens (including phenoxy) is 1. The molecular weight excluding hydrogens is 386 g/mol. The maximum Gasteiger partial charge on any atom is 0.0992 e. The standard InChI is InChI=1S/C18H20BrN3OS/c1-21(16-5-4-14(12-20)11-15(16)19)13-17(18-3-2-10-24-18)22-6-8-23-9-7-22/h2-5,10-11,17H,6-9,13H2,1H3. The Kier molecular flexibility index (Phi) is 5.90. The Morgan fingerprint density at radius 2 is 2.17 bits per heavy atom. The highest BCUT2D eigenvalue weighted by molar-refractivity contribution is 9.10. The predicted octanol–water partition coefficient (Wildman–Crippen LogP) is 3.89. The topological polar surface area (TPSA) is 39.5 Å². The van der Waals surface area contributed by atoms with E-state index in [0.29, 0.717) is 11.6 Å². The van der Waals surface area contributed by atoms with Gasteiger partial charge in [-0.2, -0.15) is 5.26 Å². The fraction of sp³-hybridized carbons (Fsp3) is 0.389. The van der Waals surface area contributed by atoms with E-state index in [1.165, 1.54) is 4.88 Å². The maximum atomic E-state index is 9.03. The molecule has 126 valence electrons. The molecule has 4 nitrogen and oxygen atoms in total. The monoisotopic (exact) mass is 405 g/mol. The number of hydrogen-bond acceptors (Lipinski definition) is 5. The van der Waals surface area contributed by atoms with Crippen molar-refractivity contribution in [1.29, 1.82) is 5.26 Å². The number of anilines is 1. The lowest BCUT2D eigenvalue weighted by atomic mass is 10.1. The molecular formula is C18H20BrN3OS. The second-order valence-corrected chi connectivity index (χ2v) is 7.67. The molecule has 1 fully saturated rings. The number of likely N-dealkylation sites (N-methyl/N-ethyl adjacent to an activating group) is 1. The van der Waals surface area contributed by atoms with Crippen molar-refractivity contribution in [2.75, 3.05) is 44.8 Å². The minimum absolute atomic E-state index is 0.349. The van der Waals surface area contributed by atoms with Gasteiger partial charge in [0.25, 0.3) is 0 Å². The van der Waals surface area contributed by atoms with Gasteiger partial charge in [-0.1, -0.05) is 6.07 Å². The third kappa shape index (κ3) is 3.98. The minimum atomic E-state index is 0.349. The second kappa shape index (κ2) is 8.13. The molecule has 0 amide bonds. The van der Waals surface area contributed by atoms with Crippen LogP contribution in [-0.4, -0.2) is 44.8 Å². The van der Waals surface area contributed by atoms with Crippen molar-refractivity contribution in [3.05, 3.63) is 50.6 Å². The zero-order valence-electron chi connectivity index (χ0n) is 13.6. The molecule has 24 heavy (non-hydrogen) atoms. The van der Waals surface area contributed by atoms with Crippen LogP contribution in [0.2, 0.25) is 0 Å². The van der Waals surface area contributed by atoms with E-state index in [2.05, 4.69) is 56.4 Å². The summed E-state index contributed by atoms with van der Waals surface area (Å²) in [5.74, 6) is 0. The second-order valence-electron chi connectivity index (χ2n) is 5.84. The van der Waals surface area contributed by atoms with Crippen LogP contribution in [0.5, 0.6) is 0 Å². The normalized spacial score (nSPS) is 16.5. The summed E-state index contributed by atoms with van der Waals surface area (Å²) in [6, 6.07) is 12.6. The number of hydrogen-bond donors (Lipinski definition) is 0. The molecule has 1 aromatic heterocycles. The fourth-order valence-electron chi connectivity index (χ4n) is 3.00. The molecule has 0 aliphatic carbocycles. The first-order valence-electron chi connectivity index (χ1n) is 7.95. The molecule has 0 radical (unpaired) electrons. The molecule has 1 aliphatic heterocycles. The van der Waals surface area contributed by atoms with Crippen molar-refractivity contribution >= 4 is 33.0 Å². The number of nitriles is 1. The highest BCUT2D eigenvalue weighted by Gasteiger charge is 2.25. The fourth-order valence-corrected chi connectivity index (χ4v) is 4.53. The number of thiophene rings is 1. The van der Waals surface area contributed by atoms with Gasteiger partial charge in [-0.05, 0) is 45.6 Å². The van der Waals surface area contributed by atoms with Gasteiger partial charge in [0.1, 0.15) is 0 Å². The van der Waals surface area contributed by atoms with Gasteiger partial charge in [0.2, 0.25) is 0 Å². The Hall–Kier alpha value is -1.39. The number of morpholine rings is 1. The molecule has 0 saturated carbocycles. The predicted molar refractivity (Wildman–Crippen MR) is 102 cm³/mol. The van der Waals surface area contributed by atoms with E-state index in [-0.39, 0.29) is 0 Å². The van der Waals surface area contributed by atoms with Crippen LogP contribution in [-0.2, 0) is 4.74 Å². The van der Waals surface area contributed by atoms with Crippen LogP contribution in [0.25, 0.3) is 0 Å². The molecule has 2 aromatic rings. The van der Waals surface area contributed by atoms with Gasteiger partial charge in [-0.15, -0.1) is 11.3 Å². The first-order valence-corrected chi connectivity index (χ1v) is 9.62. The summed E-state index contributed by atoms with van der Waals surface area (Å²) in [5.41, 5.74) is 1.77. The quantitative estimate of drug-likeness (QED) is 0.756. The van der Waals surface area contributed by atoms with Crippen LogP contribution in [0.4, 0.5) is 5.69 Å². The summed E-state index contributed by atoms with van der Waals surface area (Å²) in [6.07, 6.45) is 0. The zero-order valence-corrected chi connectivity index (χ0v) is 16.0. The number of benzene rings is 1. The molecule has 1 aliphatic rings. The van der Waals surface area contributed by atoms with Crippen LogP contribution in [0.15, 0.2) is 40.2 Å². The molecule has 6 heteroatoms. The van der Waals surface area contributed by atoms with Gasteiger partial charge in [0.15, 0.2) is 0 Å². The Morgan fingerprint density at radius 1 is 1.38 bits per heavy atom. The molecule has 1 atom stereocenters. The highest BCUT2D eigenvalue weighted by atomic mass is 79.9. The smallest absolute Gasteiger partial charge is 0.0992 e. The van der Waals surface area contributed by atoms with Gasteiger partial charge in [-0.25, -0.2) is 0 Å². The molecule has 0 N–H and O–H groups in total. The van der Waals surface area contributed by atoms with Crippen molar-refractivity contribution in [2.24, 2.45) is 0 Å². The van der Waals surface area contributed by atoms with Gasteiger partial charge in [-0.3, -0.25) is 4.90 Å². The summed E-state index contributed by atoms with van der Waals surface area (Å²) in [4.78, 5) is 6.14. The lowest BCUT2D eigenvalue weighted by Crippen LogP contribution is -2.43. The van der Waals surface area contributed by atoms with E-state index in [9.17, 15) is 0 Å². The zero-order chi connectivity index (χ0) is 16.9. The van der Waals surface area contributed by atoms with E-state index in [1.807, 2.05) is 29.5 Å². The van der Waals surface area contributed by atoms with Crippen LogP contribution in [0, 0.1) is 11.3 Å². The number of rotatable bonds is 5. The van der Waals surface area contributed by atoms with Crippen molar-refractivity contribution in [3.63, 3.8) is 0 Å². The molecule has 3 rings (SSSR count). The van der Waals surface area contributed by atoms with Crippen LogP contribution in [0.3, 0.4) is 0 Å². The molecule has 0 bridgehead atoms. The molecule has 1 saturated heterocycles. The SMILES string of the molecule is CN(CC(c1cccs1)N1CCOCC1)c1ccc(C#N)cc1Br. The minimum Gasteiger partial charge on any atom is -0.379 e.